The lowest BCUT2D eigenvalue weighted by molar-refractivity contribution is 0.267. The highest BCUT2D eigenvalue weighted by atomic mass is 127. The first kappa shape index (κ1) is 23.5. The van der Waals surface area contributed by atoms with Crippen LogP contribution < -0.4 is 9.47 Å². The lowest BCUT2D eigenvalue weighted by atomic mass is 10.2. The monoisotopic (exact) mass is 590 g/mol. The number of H-pyrrole nitrogens is 1. The summed E-state index contributed by atoms with van der Waals surface area (Å²) in [5.41, 5.74) is 2.74. The van der Waals surface area contributed by atoms with Crippen molar-refractivity contribution in [1.82, 2.24) is 14.9 Å². The fourth-order valence-corrected chi connectivity index (χ4v) is 4.32. The van der Waals surface area contributed by atoms with Gasteiger partial charge in [0.25, 0.3) is 0 Å². The SMILES string of the molecule is CCOc1cc(/C=N\n2c(-c3ccccc3)n[nH]c2=S)cc(I)c1OCc1cccc(Cl)c1. The molecule has 1 N–H and O–H groups in total. The number of aromatic nitrogens is 3. The van der Waals surface area contributed by atoms with Gasteiger partial charge in [-0.15, -0.1) is 0 Å². The van der Waals surface area contributed by atoms with E-state index in [1.165, 1.54) is 0 Å². The Balaban J connectivity index is 1.61. The largest absolute Gasteiger partial charge is 0.490 e. The van der Waals surface area contributed by atoms with Crippen LogP contribution in [0.5, 0.6) is 11.5 Å². The van der Waals surface area contributed by atoms with Crippen LogP contribution >= 0.6 is 46.4 Å². The molecule has 168 valence electrons. The number of nitrogens with zero attached hydrogens (tertiary/aromatic N) is 3. The van der Waals surface area contributed by atoms with Crippen LogP contribution in [0.4, 0.5) is 0 Å². The average Bonchev–Trinajstić information content (AvgIpc) is 3.18. The van der Waals surface area contributed by atoms with Crippen LogP contribution in [0.3, 0.4) is 0 Å². The molecular weight excluding hydrogens is 571 g/mol. The highest BCUT2D eigenvalue weighted by Crippen LogP contribution is 2.34. The van der Waals surface area contributed by atoms with E-state index in [0.29, 0.717) is 40.3 Å². The molecule has 4 aromatic rings. The molecule has 0 aliphatic rings. The van der Waals surface area contributed by atoms with Gasteiger partial charge in [-0.25, -0.2) is 5.10 Å². The van der Waals surface area contributed by atoms with Crippen molar-refractivity contribution in [2.45, 2.75) is 13.5 Å². The van der Waals surface area contributed by atoms with Gasteiger partial charge >= 0.3 is 0 Å². The minimum absolute atomic E-state index is 0.384. The number of benzene rings is 3. The van der Waals surface area contributed by atoms with Crippen LogP contribution in [-0.4, -0.2) is 27.7 Å². The molecule has 0 saturated carbocycles. The summed E-state index contributed by atoms with van der Waals surface area (Å²) >= 11 is 13.7. The second-order valence-corrected chi connectivity index (χ2v) is 8.94. The van der Waals surface area contributed by atoms with Gasteiger partial charge in [-0.3, -0.25) is 0 Å². The van der Waals surface area contributed by atoms with Crippen LogP contribution in [-0.2, 0) is 6.61 Å². The van der Waals surface area contributed by atoms with Gasteiger partial charge in [0.15, 0.2) is 17.3 Å². The predicted octanol–water partition coefficient (Wildman–Crippen LogP) is 6.73. The fraction of sp³-hybridized carbons (Fsp3) is 0.125. The van der Waals surface area contributed by atoms with Gasteiger partial charge in [0.05, 0.1) is 16.4 Å². The number of aromatic amines is 1. The van der Waals surface area contributed by atoms with Gasteiger partial charge in [0.1, 0.15) is 6.61 Å². The number of ether oxygens (including phenoxy) is 2. The molecular formula is C24H20ClIN4O2S. The first-order valence-corrected chi connectivity index (χ1v) is 12.0. The molecule has 9 heteroatoms. The molecule has 6 nitrogen and oxygen atoms in total. The molecule has 0 radical (unpaired) electrons. The van der Waals surface area contributed by atoms with Gasteiger partial charge in [-0.05, 0) is 77.1 Å². The van der Waals surface area contributed by atoms with Gasteiger partial charge in [-0.2, -0.15) is 14.9 Å². The molecule has 1 heterocycles. The lowest BCUT2D eigenvalue weighted by Crippen LogP contribution is -2.03. The minimum Gasteiger partial charge on any atom is -0.490 e. The molecule has 3 aromatic carbocycles. The Kier molecular flexibility index (Phi) is 7.79. The van der Waals surface area contributed by atoms with Crippen molar-refractivity contribution in [2.75, 3.05) is 6.61 Å². The molecule has 0 aliphatic carbocycles. The Labute approximate surface area is 215 Å². The fourth-order valence-electron chi connectivity index (χ4n) is 3.14. The van der Waals surface area contributed by atoms with Crippen LogP contribution in [0.15, 0.2) is 71.8 Å². The number of halogens is 2. The lowest BCUT2D eigenvalue weighted by Gasteiger charge is -2.15. The normalized spacial score (nSPS) is 11.1. The van der Waals surface area contributed by atoms with Crippen molar-refractivity contribution < 1.29 is 9.47 Å². The molecule has 0 saturated heterocycles. The van der Waals surface area contributed by atoms with Crippen molar-refractivity contribution in [1.29, 1.82) is 0 Å². The van der Waals surface area contributed by atoms with Crippen molar-refractivity contribution >= 4 is 52.6 Å². The van der Waals surface area contributed by atoms with Gasteiger partial charge < -0.3 is 9.47 Å². The van der Waals surface area contributed by atoms with Crippen molar-refractivity contribution in [3.63, 3.8) is 0 Å². The maximum absolute atomic E-state index is 6.09. The highest BCUT2D eigenvalue weighted by Gasteiger charge is 2.13. The molecule has 0 bridgehead atoms. The molecule has 0 aliphatic heterocycles. The Morgan fingerprint density at radius 2 is 1.94 bits per heavy atom. The first-order chi connectivity index (χ1) is 16.0. The molecule has 4 rings (SSSR count). The summed E-state index contributed by atoms with van der Waals surface area (Å²) in [7, 11) is 0. The van der Waals surface area contributed by atoms with E-state index < -0.39 is 0 Å². The molecule has 0 unspecified atom stereocenters. The molecule has 33 heavy (non-hydrogen) atoms. The van der Waals surface area contributed by atoms with E-state index in [2.05, 4.69) is 37.9 Å². The van der Waals surface area contributed by atoms with E-state index in [1.807, 2.05) is 73.7 Å². The standard InChI is InChI=1S/C24H20ClIN4O2S/c1-2-31-21-13-17(12-20(26)22(21)32-15-16-7-6-10-19(25)11-16)14-27-30-23(28-29-24(30)33)18-8-4-3-5-9-18/h3-14H,2,15H2,1H3,(H,29,33)/b27-14-. The number of hydrogen-bond acceptors (Lipinski definition) is 5. The van der Waals surface area contributed by atoms with Crippen molar-refractivity contribution in [3.05, 3.63) is 91.2 Å². The zero-order chi connectivity index (χ0) is 23.2. The summed E-state index contributed by atoms with van der Waals surface area (Å²) in [5.74, 6) is 1.96. The number of rotatable bonds is 8. The second-order valence-electron chi connectivity index (χ2n) is 6.96. The van der Waals surface area contributed by atoms with E-state index in [0.717, 1.165) is 20.3 Å². The average molecular weight is 591 g/mol. The Morgan fingerprint density at radius 1 is 1.12 bits per heavy atom. The van der Waals surface area contributed by atoms with Gasteiger partial charge in [0.2, 0.25) is 4.77 Å². The van der Waals surface area contributed by atoms with Gasteiger partial charge in [0, 0.05) is 10.6 Å². The predicted molar refractivity (Wildman–Crippen MR) is 142 cm³/mol. The third-order valence-electron chi connectivity index (χ3n) is 4.61. The Morgan fingerprint density at radius 3 is 2.70 bits per heavy atom. The third-order valence-corrected chi connectivity index (χ3v) is 5.91. The van der Waals surface area contributed by atoms with E-state index in [-0.39, 0.29) is 0 Å². The topological polar surface area (TPSA) is 64.4 Å². The van der Waals surface area contributed by atoms with E-state index >= 15 is 0 Å². The molecule has 0 atom stereocenters. The molecule has 0 fully saturated rings. The highest BCUT2D eigenvalue weighted by molar-refractivity contribution is 14.1. The minimum atomic E-state index is 0.384. The summed E-state index contributed by atoms with van der Waals surface area (Å²) < 4.78 is 14.9. The first-order valence-electron chi connectivity index (χ1n) is 10.2. The van der Waals surface area contributed by atoms with Crippen LogP contribution in [0.2, 0.25) is 5.02 Å². The number of nitrogens with one attached hydrogen (secondary N) is 1. The summed E-state index contributed by atoms with van der Waals surface area (Å²) in [5, 5.41) is 12.4. The zero-order valence-corrected chi connectivity index (χ0v) is 21.4. The maximum atomic E-state index is 6.09. The van der Waals surface area contributed by atoms with Crippen molar-refractivity contribution in [3.8, 4) is 22.9 Å². The van der Waals surface area contributed by atoms with E-state index in [1.54, 1.807) is 10.9 Å². The van der Waals surface area contributed by atoms with Crippen LogP contribution in [0.1, 0.15) is 18.1 Å². The third kappa shape index (κ3) is 5.82. The molecule has 0 amide bonds. The maximum Gasteiger partial charge on any atom is 0.216 e. The molecule has 0 spiro atoms. The Hall–Kier alpha value is -2.69. The second kappa shape index (κ2) is 11.0. The smallest absolute Gasteiger partial charge is 0.216 e. The summed E-state index contributed by atoms with van der Waals surface area (Å²) in [6.07, 6.45) is 1.73. The molecule has 1 aromatic heterocycles. The quantitative estimate of drug-likeness (QED) is 0.141. The summed E-state index contributed by atoms with van der Waals surface area (Å²) in [6.45, 7) is 2.83. The summed E-state index contributed by atoms with van der Waals surface area (Å²) in [6, 6.07) is 21.2. The zero-order valence-electron chi connectivity index (χ0n) is 17.7. The van der Waals surface area contributed by atoms with Crippen molar-refractivity contribution in [2.24, 2.45) is 5.10 Å². The van der Waals surface area contributed by atoms with Gasteiger partial charge in [-0.1, -0.05) is 54.1 Å². The Bertz CT molecular complexity index is 1340. The summed E-state index contributed by atoms with van der Waals surface area (Å²) in [4.78, 5) is 0. The van der Waals surface area contributed by atoms with E-state index in [4.69, 9.17) is 33.3 Å². The van der Waals surface area contributed by atoms with E-state index in [9.17, 15) is 0 Å². The number of hydrogen-bond donors (Lipinski definition) is 1. The van der Waals surface area contributed by atoms with Crippen LogP contribution in [0.25, 0.3) is 11.4 Å². The van der Waals surface area contributed by atoms with Crippen LogP contribution in [0, 0.1) is 8.34 Å².